The summed E-state index contributed by atoms with van der Waals surface area (Å²) >= 11 is 0. The van der Waals surface area contributed by atoms with Gasteiger partial charge < -0.3 is 15.8 Å². The van der Waals surface area contributed by atoms with E-state index in [1.807, 2.05) is 39.0 Å². The molecule has 4 rings (SSSR count). The Morgan fingerprint density at radius 3 is 2.83 bits per heavy atom. The molecule has 0 aromatic carbocycles. The number of carbonyl (C=O) groups is 1. The zero-order valence-electron chi connectivity index (χ0n) is 17.1. The van der Waals surface area contributed by atoms with Gasteiger partial charge in [-0.3, -0.25) is 9.78 Å². The van der Waals surface area contributed by atoms with Crippen molar-refractivity contribution in [2.24, 2.45) is 11.8 Å². The minimum atomic E-state index is -0.310. The highest BCUT2D eigenvalue weighted by Gasteiger charge is 2.52. The summed E-state index contributed by atoms with van der Waals surface area (Å²) in [6.45, 7) is 6.03. The average molecular weight is 391 g/mol. The molecule has 1 aliphatic carbocycles. The minimum absolute atomic E-state index is 0.0302. The Morgan fingerprint density at radius 2 is 2.10 bits per heavy atom. The first-order chi connectivity index (χ1) is 13.8. The van der Waals surface area contributed by atoms with Gasteiger partial charge in [0.25, 0.3) is 0 Å². The maximum Gasteiger partial charge on any atom is 0.229 e. The molecular formula is C22H25N5O2. The number of hydrogen-bond donors (Lipinski definition) is 2. The number of aryl methyl sites for hydroxylation is 1. The number of pyridine rings is 3. The largest absolute Gasteiger partial charge is 0.383 e. The smallest absolute Gasteiger partial charge is 0.229 e. The first-order valence-electron chi connectivity index (χ1n) is 9.63. The van der Waals surface area contributed by atoms with Gasteiger partial charge in [-0.15, -0.1) is 0 Å². The molecular weight excluding hydrogens is 366 g/mol. The number of anilines is 2. The van der Waals surface area contributed by atoms with Crippen LogP contribution in [0.2, 0.25) is 0 Å². The second-order valence-corrected chi connectivity index (χ2v) is 8.12. The lowest BCUT2D eigenvalue weighted by Crippen LogP contribution is -2.28. The molecule has 29 heavy (non-hydrogen) atoms. The Balaban J connectivity index is 1.61. The van der Waals surface area contributed by atoms with E-state index in [2.05, 4.69) is 20.3 Å². The van der Waals surface area contributed by atoms with Crippen molar-refractivity contribution in [3.05, 3.63) is 42.4 Å². The average Bonchev–Trinajstić information content (AvgIpc) is 3.50. The van der Waals surface area contributed by atoms with E-state index < -0.39 is 0 Å². The van der Waals surface area contributed by atoms with E-state index >= 15 is 0 Å². The summed E-state index contributed by atoms with van der Waals surface area (Å²) in [5.41, 5.74) is 8.58. The summed E-state index contributed by atoms with van der Waals surface area (Å²) in [5.74, 6) is 1.03. The fraction of sp³-hybridized carbons (Fsp3) is 0.364. The SMILES string of the molecule is COC(C)(C)[C@H]1C[C@@H]1C(=O)Nc1cc2cc(-c3cnccc3C)nc(N)c2cn1. The van der Waals surface area contributed by atoms with Crippen LogP contribution in [0.3, 0.4) is 0 Å². The number of nitrogen functional groups attached to an aromatic ring is 1. The summed E-state index contributed by atoms with van der Waals surface area (Å²) in [5, 5.41) is 4.55. The van der Waals surface area contributed by atoms with Gasteiger partial charge in [0, 0.05) is 42.6 Å². The second kappa shape index (κ2) is 7.08. The monoisotopic (exact) mass is 391 g/mol. The van der Waals surface area contributed by atoms with Gasteiger partial charge >= 0.3 is 0 Å². The van der Waals surface area contributed by atoms with E-state index in [1.165, 1.54) is 0 Å². The molecule has 0 bridgehead atoms. The standard InChI is InChI=1S/C22H25N5O2/c1-12-5-6-24-10-15(12)18-7-13-8-19(25-11-16(13)20(23)26-18)27-21(28)14-9-17(14)22(2,3)29-4/h5-8,10-11,14,17H,9H2,1-4H3,(H2,23,26)(H,25,27,28)/t14-,17-/m0/s1. The predicted octanol–water partition coefficient (Wildman–Crippen LogP) is 3.58. The van der Waals surface area contributed by atoms with Crippen molar-refractivity contribution in [3.8, 4) is 11.3 Å². The first-order valence-corrected chi connectivity index (χ1v) is 9.63. The van der Waals surface area contributed by atoms with Crippen LogP contribution in [0.5, 0.6) is 0 Å². The molecule has 0 spiro atoms. The number of nitrogens with zero attached hydrogens (tertiary/aromatic N) is 3. The van der Waals surface area contributed by atoms with Crippen LogP contribution in [-0.4, -0.2) is 33.6 Å². The lowest BCUT2D eigenvalue weighted by atomic mass is 10.0. The number of methoxy groups -OCH3 is 1. The van der Waals surface area contributed by atoms with E-state index in [0.717, 1.165) is 34.0 Å². The van der Waals surface area contributed by atoms with Gasteiger partial charge in [-0.05, 0) is 62.3 Å². The predicted molar refractivity (Wildman–Crippen MR) is 113 cm³/mol. The summed E-state index contributed by atoms with van der Waals surface area (Å²) in [7, 11) is 1.68. The second-order valence-electron chi connectivity index (χ2n) is 8.12. The molecule has 0 radical (unpaired) electrons. The van der Waals surface area contributed by atoms with Gasteiger partial charge in [0.05, 0.1) is 11.3 Å². The van der Waals surface area contributed by atoms with Crippen molar-refractivity contribution in [2.75, 3.05) is 18.2 Å². The van der Waals surface area contributed by atoms with Crippen molar-refractivity contribution >= 4 is 28.3 Å². The van der Waals surface area contributed by atoms with Crippen LogP contribution in [0.1, 0.15) is 25.8 Å². The number of ether oxygens (including phenoxy) is 1. The third-order valence-corrected chi connectivity index (χ3v) is 5.86. The fourth-order valence-corrected chi connectivity index (χ4v) is 3.74. The minimum Gasteiger partial charge on any atom is -0.383 e. The lowest BCUT2D eigenvalue weighted by Gasteiger charge is -2.22. The highest BCUT2D eigenvalue weighted by atomic mass is 16.5. The molecule has 0 aliphatic heterocycles. The summed E-state index contributed by atoms with van der Waals surface area (Å²) in [6, 6.07) is 5.71. The molecule has 1 aliphatic rings. The van der Waals surface area contributed by atoms with Gasteiger partial charge in [0.2, 0.25) is 5.91 Å². The van der Waals surface area contributed by atoms with Crippen LogP contribution in [-0.2, 0) is 9.53 Å². The van der Waals surface area contributed by atoms with Gasteiger partial charge in [0.1, 0.15) is 11.6 Å². The number of nitrogens with one attached hydrogen (secondary N) is 1. The maximum atomic E-state index is 12.6. The Bertz CT molecular complexity index is 1100. The molecule has 0 saturated heterocycles. The molecule has 3 aromatic rings. The van der Waals surface area contributed by atoms with Crippen molar-refractivity contribution in [1.82, 2.24) is 15.0 Å². The number of hydrogen-bond acceptors (Lipinski definition) is 6. The van der Waals surface area contributed by atoms with E-state index in [-0.39, 0.29) is 23.3 Å². The number of carbonyl (C=O) groups excluding carboxylic acids is 1. The Hall–Kier alpha value is -3.06. The van der Waals surface area contributed by atoms with Gasteiger partial charge in [-0.1, -0.05) is 0 Å². The molecule has 7 heteroatoms. The molecule has 1 amide bonds. The number of nitrogens with two attached hydrogens (primary N) is 1. The number of fused-ring (bicyclic) bond motifs is 1. The number of aromatic nitrogens is 3. The maximum absolute atomic E-state index is 12.6. The van der Waals surface area contributed by atoms with Crippen LogP contribution in [0, 0.1) is 18.8 Å². The molecule has 3 heterocycles. The quantitative estimate of drug-likeness (QED) is 0.689. The molecule has 7 nitrogen and oxygen atoms in total. The Labute approximate surface area is 169 Å². The molecule has 3 N–H and O–H groups in total. The number of amides is 1. The Morgan fingerprint density at radius 1 is 1.31 bits per heavy atom. The van der Waals surface area contributed by atoms with E-state index in [0.29, 0.717) is 11.6 Å². The van der Waals surface area contributed by atoms with Crippen molar-refractivity contribution in [1.29, 1.82) is 0 Å². The Kier molecular flexibility index (Phi) is 4.70. The molecule has 150 valence electrons. The zero-order chi connectivity index (χ0) is 20.8. The van der Waals surface area contributed by atoms with E-state index in [1.54, 1.807) is 25.7 Å². The fourth-order valence-electron chi connectivity index (χ4n) is 3.74. The van der Waals surface area contributed by atoms with Gasteiger partial charge in [0.15, 0.2) is 0 Å². The molecule has 0 unspecified atom stereocenters. The van der Waals surface area contributed by atoms with Crippen LogP contribution in [0.25, 0.3) is 22.0 Å². The molecule has 1 saturated carbocycles. The van der Waals surface area contributed by atoms with Crippen molar-refractivity contribution in [2.45, 2.75) is 32.8 Å². The van der Waals surface area contributed by atoms with Gasteiger partial charge in [-0.25, -0.2) is 9.97 Å². The van der Waals surface area contributed by atoms with Crippen LogP contribution >= 0.6 is 0 Å². The van der Waals surface area contributed by atoms with Crippen LogP contribution < -0.4 is 11.1 Å². The molecule has 1 fully saturated rings. The number of rotatable bonds is 5. The van der Waals surface area contributed by atoms with Crippen molar-refractivity contribution < 1.29 is 9.53 Å². The topological polar surface area (TPSA) is 103 Å². The normalized spacial score (nSPS) is 18.6. The van der Waals surface area contributed by atoms with Gasteiger partial charge in [-0.2, -0.15) is 0 Å². The van der Waals surface area contributed by atoms with Crippen molar-refractivity contribution in [3.63, 3.8) is 0 Å². The first kappa shape index (κ1) is 19.3. The third kappa shape index (κ3) is 3.65. The third-order valence-electron chi connectivity index (χ3n) is 5.86. The van der Waals surface area contributed by atoms with Crippen LogP contribution in [0.4, 0.5) is 11.6 Å². The van der Waals surface area contributed by atoms with Crippen LogP contribution in [0.15, 0.2) is 36.8 Å². The summed E-state index contributed by atoms with van der Waals surface area (Å²) in [4.78, 5) is 25.7. The van der Waals surface area contributed by atoms with E-state index in [9.17, 15) is 4.79 Å². The lowest BCUT2D eigenvalue weighted by molar-refractivity contribution is -0.118. The zero-order valence-corrected chi connectivity index (χ0v) is 17.1. The summed E-state index contributed by atoms with van der Waals surface area (Å²) in [6.07, 6.45) is 5.99. The summed E-state index contributed by atoms with van der Waals surface area (Å²) < 4.78 is 5.51. The van der Waals surface area contributed by atoms with E-state index in [4.69, 9.17) is 10.5 Å². The highest BCUT2D eigenvalue weighted by Crippen LogP contribution is 2.48. The highest BCUT2D eigenvalue weighted by molar-refractivity contribution is 5.98. The molecule has 3 aromatic heterocycles. The molecule has 2 atom stereocenters.